The third kappa shape index (κ3) is 2.35. The van der Waals surface area contributed by atoms with Gasteiger partial charge in [0, 0.05) is 4.90 Å². The van der Waals surface area contributed by atoms with E-state index < -0.39 is 5.97 Å². The van der Waals surface area contributed by atoms with Gasteiger partial charge in [0.1, 0.15) is 5.56 Å². The van der Waals surface area contributed by atoms with Crippen molar-refractivity contribution in [3.8, 4) is 0 Å². The van der Waals surface area contributed by atoms with Crippen molar-refractivity contribution in [2.24, 2.45) is 0 Å². The number of rotatable bonds is 3. The number of aromatic carboxylic acids is 1. The summed E-state index contributed by atoms with van der Waals surface area (Å²) in [6.07, 6.45) is 1.40. The Hall–Kier alpha value is -2.20. The van der Waals surface area contributed by atoms with Crippen LogP contribution in [0.2, 0.25) is 0 Å². The van der Waals surface area contributed by atoms with E-state index in [0.29, 0.717) is 5.09 Å². The molecule has 4 heteroatoms. The highest BCUT2D eigenvalue weighted by molar-refractivity contribution is 7.99. The van der Waals surface area contributed by atoms with Crippen LogP contribution in [0, 0.1) is 0 Å². The molecule has 0 saturated carbocycles. The number of hydrogen-bond acceptors (Lipinski definition) is 3. The van der Waals surface area contributed by atoms with E-state index >= 15 is 0 Å². The Morgan fingerprint density at radius 1 is 1.05 bits per heavy atom. The number of carboxylic acid groups (broad SMARTS) is 1. The van der Waals surface area contributed by atoms with Gasteiger partial charge in [0.15, 0.2) is 5.09 Å². The van der Waals surface area contributed by atoms with Crippen LogP contribution in [0.5, 0.6) is 0 Å². The highest BCUT2D eigenvalue weighted by Crippen LogP contribution is 2.33. The summed E-state index contributed by atoms with van der Waals surface area (Å²) in [7, 11) is 0. The monoisotopic (exact) mass is 270 g/mol. The summed E-state index contributed by atoms with van der Waals surface area (Å²) < 4.78 is 5.22. The molecule has 1 N–H and O–H groups in total. The molecule has 3 rings (SSSR count). The number of furan rings is 1. The SMILES string of the molecule is O=C(O)c1ccoc1Sc1ccc2ccccc2c1. The van der Waals surface area contributed by atoms with E-state index in [1.165, 1.54) is 24.1 Å². The maximum absolute atomic E-state index is 11.0. The van der Waals surface area contributed by atoms with E-state index in [4.69, 9.17) is 9.52 Å². The molecule has 0 aliphatic carbocycles. The van der Waals surface area contributed by atoms with Crippen molar-refractivity contribution in [2.45, 2.75) is 9.99 Å². The van der Waals surface area contributed by atoms with Gasteiger partial charge in [-0.25, -0.2) is 4.79 Å². The molecule has 0 amide bonds. The largest absolute Gasteiger partial charge is 0.478 e. The van der Waals surface area contributed by atoms with Gasteiger partial charge < -0.3 is 9.52 Å². The molecular weight excluding hydrogens is 260 g/mol. The average molecular weight is 270 g/mol. The van der Waals surface area contributed by atoms with E-state index in [2.05, 4.69) is 0 Å². The van der Waals surface area contributed by atoms with Crippen LogP contribution >= 0.6 is 11.8 Å². The number of carboxylic acids is 1. The lowest BCUT2D eigenvalue weighted by Gasteiger charge is -2.02. The second-order valence-electron chi connectivity index (χ2n) is 4.04. The Labute approximate surface area is 113 Å². The molecule has 0 bridgehead atoms. The second-order valence-corrected chi connectivity index (χ2v) is 5.08. The van der Waals surface area contributed by atoms with Gasteiger partial charge in [0.25, 0.3) is 0 Å². The van der Waals surface area contributed by atoms with Gasteiger partial charge in [-0.2, -0.15) is 0 Å². The van der Waals surface area contributed by atoms with Gasteiger partial charge in [-0.3, -0.25) is 0 Å². The lowest BCUT2D eigenvalue weighted by Crippen LogP contribution is -1.94. The Bertz CT molecular complexity index is 746. The van der Waals surface area contributed by atoms with E-state index in [1.54, 1.807) is 0 Å². The van der Waals surface area contributed by atoms with Gasteiger partial charge in [0.05, 0.1) is 6.26 Å². The van der Waals surface area contributed by atoms with Crippen LogP contribution in [0.4, 0.5) is 0 Å². The molecule has 0 unspecified atom stereocenters. The summed E-state index contributed by atoms with van der Waals surface area (Å²) in [6.45, 7) is 0. The molecule has 3 aromatic rings. The van der Waals surface area contributed by atoms with Gasteiger partial charge in [-0.05, 0) is 29.0 Å². The van der Waals surface area contributed by atoms with Gasteiger partial charge in [-0.1, -0.05) is 42.1 Å². The first-order valence-corrected chi connectivity index (χ1v) is 6.53. The topological polar surface area (TPSA) is 50.4 Å². The molecule has 0 fully saturated rings. The molecule has 19 heavy (non-hydrogen) atoms. The number of benzene rings is 2. The van der Waals surface area contributed by atoms with Crippen LogP contribution < -0.4 is 0 Å². The molecule has 0 radical (unpaired) electrons. The summed E-state index contributed by atoms with van der Waals surface area (Å²) in [4.78, 5) is 12.0. The van der Waals surface area contributed by atoms with Crippen molar-refractivity contribution in [3.05, 3.63) is 60.4 Å². The molecule has 0 aliphatic heterocycles. The first kappa shape index (κ1) is 11.9. The van der Waals surface area contributed by atoms with Crippen molar-refractivity contribution in [1.29, 1.82) is 0 Å². The summed E-state index contributed by atoms with van der Waals surface area (Å²) >= 11 is 1.32. The van der Waals surface area contributed by atoms with E-state index in [1.807, 2.05) is 42.5 Å². The van der Waals surface area contributed by atoms with Crippen LogP contribution in [0.25, 0.3) is 10.8 Å². The molecule has 0 spiro atoms. The van der Waals surface area contributed by atoms with Crippen molar-refractivity contribution < 1.29 is 14.3 Å². The maximum atomic E-state index is 11.0. The Morgan fingerprint density at radius 3 is 2.63 bits per heavy atom. The molecule has 0 atom stereocenters. The number of hydrogen-bond donors (Lipinski definition) is 1. The summed E-state index contributed by atoms with van der Waals surface area (Å²) in [5.74, 6) is -0.975. The van der Waals surface area contributed by atoms with Crippen LogP contribution in [0.1, 0.15) is 10.4 Å². The van der Waals surface area contributed by atoms with Crippen molar-refractivity contribution in [2.75, 3.05) is 0 Å². The molecular formula is C15H10O3S. The molecule has 3 nitrogen and oxygen atoms in total. The minimum Gasteiger partial charge on any atom is -0.478 e. The summed E-state index contributed by atoms with van der Waals surface area (Å²) in [6, 6.07) is 15.5. The fraction of sp³-hybridized carbons (Fsp3) is 0. The van der Waals surface area contributed by atoms with Crippen molar-refractivity contribution >= 4 is 28.5 Å². The highest BCUT2D eigenvalue weighted by Gasteiger charge is 2.14. The minimum absolute atomic E-state index is 0.193. The fourth-order valence-corrected chi connectivity index (χ4v) is 2.78. The quantitative estimate of drug-likeness (QED) is 0.771. The first-order valence-electron chi connectivity index (χ1n) is 5.71. The van der Waals surface area contributed by atoms with Crippen molar-refractivity contribution in [3.63, 3.8) is 0 Å². The zero-order valence-electron chi connectivity index (χ0n) is 9.87. The standard InChI is InChI=1S/C15H10O3S/c16-14(17)13-7-8-18-15(13)19-12-6-5-10-3-1-2-4-11(10)9-12/h1-9H,(H,16,17). The van der Waals surface area contributed by atoms with Gasteiger partial charge in [-0.15, -0.1) is 0 Å². The fourth-order valence-electron chi connectivity index (χ4n) is 1.87. The molecule has 1 heterocycles. The molecule has 0 aliphatic rings. The lowest BCUT2D eigenvalue weighted by atomic mass is 10.1. The third-order valence-electron chi connectivity index (χ3n) is 2.79. The van der Waals surface area contributed by atoms with E-state index in [-0.39, 0.29) is 5.56 Å². The third-order valence-corrected chi connectivity index (χ3v) is 3.78. The van der Waals surface area contributed by atoms with E-state index in [0.717, 1.165) is 15.7 Å². The molecule has 1 aromatic heterocycles. The Morgan fingerprint density at radius 2 is 1.84 bits per heavy atom. The zero-order valence-corrected chi connectivity index (χ0v) is 10.7. The number of fused-ring (bicyclic) bond motifs is 1. The number of carbonyl (C=O) groups is 1. The van der Waals surface area contributed by atoms with Crippen molar-refractivity contribution in [1.82, 2.24) is 0 Å². The maximum Gasteiger partial charge on any atom is 0.340 e. The average Bonchev–Trinajstić information content (AvgIpc) is 2.87. The summed E-state index contributed by atoms with van der Waals surface area (Å²) in [5.41, 5.74) is 0.193. The minimum atomic E-state index is -0.975. The Balaban J connectivity index is 1.97. The molecule has 2 aromatic carbocycles. The molecule has 94 valence electrons. The van der Waals surface area contributed by atoms with Gasteiger partial charge in [0.2, 0.25) is 0 Å². The van der Waals surface area contributed by atoms with Crippen LogP contribution in [-0.4, -0.2) is 11.1 Å². The first-order chi connectivity index (χ1) is 9.24. The van der Waals surface area contributed by atoms with Gasteiger partial charge >= 0.3 is 5.97 Å². The second kappa shape index (κ2) is 4.82. The highest BCUT2D eigenvalue weighted by atomic mass is 32.2. The van der Waals surface area contributed by atoms with Crippen LogP contribution in [0.15, 0.2) is 69.2 Å². The Kier molecular flexibility index (Phi) is 3.01. The predicted molar refractivity (Wildman–Crippen MR) is 73.7 cm³/mol. The normalized spacial score (nSPS) is 10.7. The lowest BCUT2D eigenvalue weighted by molar-refractivity contribution is 0.0690. The molecule has 0 saturated heterocycles. The summed E-state index contributed by atoms with van der Waals surface area (Å²) in [5, 5.41) is 11.7. The van der Waals surface area contributed by atoms with Crippen LogP contribution in [0.3, 0.4) is 0 Å². The van der Waals surface area contributed by atoms with E-state index in [9.17, 15) is 4.79 Å². The zero-order chi connectivity index (χ0) is 13.2. The smallest absolute Gasteiger partial charge is 0.340 e. The predicted octanol–water partition coefficient (Wildman–Crippen LogP) is 4.28. The van der Waals surface area contributed by atoms with Crippen LogP contribution in [-0.2, 0) is 0 Å².